The summed E-state index contributed by atoms with van der Waals surface area (Å²) in [4.78, 5) is 41.9. The van der Waals surface area contributed by atoms with Crippen LogP contribution < -0.4 is 10.1 Å². The van der Waals surface area contributed by atoms with Crippen molar-refractivity contribution in [2.45, 2.75) is 25.9 Å². The van der Waals surface area contributed by atoms with Crippen molar-refractivity contribution in [2.24, 2.45) is 0 Å². The SMILES string of the molecule is CC#CCOc1ccc2c(c1)CN(CC1(c3ccc(F)cc3)NC(=O)N(CC#CC)C1=O)C2=O. The van der Waals surface area contributed by atoms with E-state index in [0.29, 0.717) is 16.9 Å². The van der Waals surface area contributed by atoms with Crippen LogP contribution in [0.25, 0.3) is 0 Å². The van der Waals surface area contributed by atoms with Gasteiger partial charge in [-0.3, -0.25) is 14.5 Å². The third-order valence-corrected chi connectivity index (χ3v) is 5.80. The number of rotatable bonds is 6. The minimum Gasteiger partial charge on any atom is -0.481 e. The number of nitrogens with one attached hydrogen (secondary N) is 1. The van der Waals surface area contributed by atoms with E-state index in [9.17, 15) is 18.8 Å². The van der Waals surface area contributed by atoms with Crippen molar-refractivity contribution in [2.75, 3.05) is 19.7 Å². The van der Waals surface area contributed by atoms with Crippen molar-refractivity contribution in [3.05, 3.63) is 65.0 Å². The second kappa shape index (κ2) is 9.29. The summed E-state index contributed by atoms with van der Waals surface area (Å²) in [7, 11) is 0. The molecule has 2 aliphatic rings. The first kappa shape index (κ1) is 22.9. The lowest BCUT2D eigenvalue weighted by Crippen LogP contribution is -2.52. The quantitative estimate of drug-likeness (QED) is 0.532. The lowest BCUT2D eigenvalue weighted by molar-refractivity contribution is -0.131. The number of carbonyl (C=O) groups excluding carboxylic acids is 3. The van der Waals surface area contributed by atoms with Gasteiger partial charge in [0.25, 0.3) is 11.8 Å². The van der Waals surface area contributed by atoms with Gasteiger partial charge in [0.05, 0.1) is 13.1 Å². The van der Waals surface area contributed by atoms with Crippen LogP contribution in [0.4, 0.5) is 9.18 Å². The zero-order valence-corrected chi connectivity index (χ0v) is 18.8. The molecule has 1 N–H and O–H groups in total. The average molecular weight is 459 g/mol. The van der Waals surface area contributed by atoms with E-state index in [-0.39, 0.29) is 32.1 Å². The molecular weight excluding hydrogens is 437 g/mol. The summed E-state index contributed by atoms with van der Waals surface area (Å²) in [5.74, 6) is 10.2. The van der Waals surface area contributed by atoms with Gasteiger partial charge in [0.15, 0.2) is 5.54 Å². The predicted molar refractivity (Wildman–Crippen MR) is 122 cm³/mol. The maximum Gasteiger partial charge on any atom is 0.326 e. The number of carbonyl (C=O) groups is 3. The number of imide groups is 1. The van der Waals surface area contributed by atoms with Crippen LogP contribution in [0.2, 0.25) is 0 Å². The molecule has 172 valence electrons. The van der Waals surface area contributed by atoms with Gasteiger partial charge in [-0.1, -0.05) is 24.0 Å². The zero-order valence-electron chi connectivity index (χ0n) is 18.8. The van der Waals surface area contributed by atoms with E-state index in [1.54, 1.807) is 32.0 Å². The molecule has 1 atom stereocenters. The summed E-state index contributed by atoms with van der Waals surface area (Å²) in [6, 6.07) is 9.84. The molecule has 0 bridgehead atoms. The van der Waals surface area contributed by atoms with Crippen LogP contribution in [0, 0.1) is 29.5 Å². The number of ether oxygens (including phenoxy) is 1. The molecule has 7 nitrogen and oxygen atoms in total. The van der Waals surface area contributed by atoms with E-state index in [1.807, 2.05) is 0 Å². The van der Waals surface area contributed by atoms with Gasteiger partial charge in [-0.15, -0.1) is 11.8 Å². The molecule has 8 heteroatoms. The monoisotopic (exact) mass is 459 g/mol. The molecule has 2 aromatic carbocycles. The average Bonchev–Trinajstić information content (AvgIpc) is 3.26. The highest BCUT2D eigenvalue weighted by molar-refractivity contribution is 6.08. The Bertz CT molecular complexity index is 1280. The third-order valence-electron chi connectivity index (χ3n) is 5.80. The largest absolute Gasteiger partial charge is 0.481 e. The Kier molecular flexibility index (Phi) is 6.25. The first-order valence-corrected chi connectivity index (χ1v) is 10.6. The Morgan fingerprint density at radius 3 is 2.50 bits per heavy atom. The minimum atomic E-state index is -1.56. The maximum absolute atomic E-state index is 13.6. The first-order valence-electron chi connectivity index (χ1n) is 10.6. The van der Waals surface area contributed by atoms with Crippen molar-refractivity contribution in [1.29, 1.82) is 0 Å². The van der Waals surface area contributed by atoms with Crippen LogP contribution >= 0.6 is 0 Å². The number of urea groups is 1. The summed E-state index contributed by atoms with van der Waals surface area (Å²) in [6.07, 6.45) is 0. The standard InChI is InChI=1S/C26H22FN3O4/c1-3-5-13-30-24(32)26(28-25(30)33,19-7-9-20(27)10-8-19)17-29-16-18-15-21(34-14-6-4-2)11-12-22(18)23(29)31/h7-12,15H,13-14,16-17H2,1-2H3,(H,28,33). The highest BCUT2D eigenvalue weighted by Crippen LogP contribution is 2.34. The van der Waals surface area contributed by atoms with E-state index >= 15 is 0 Å². The molecule has 2 aromatic rings. The highest BCUT2D eigenvalue weighted by atomic mass is 19.1. The van der Waals surface area contributed by atoms with E-state index in [1.165, 1.54) is 29.2 Å². The highest BCUT2D eigenvalue weighted by Gasteiger charge is 2.54. The molecule has 1 unspecified atom stereocenters. The number of fused-ring (bicyclic) bond motifs is 1. The van der Waals surface area contributed by atoms with Crippen LogP contribution in [0.3, 0.4) is 0 Å². The van der Waals surface area contributed by atoms with Crippen LogP contribution in [-0.4, -0.2) is 47.3 Å². The second-order valence-electron chi connectivity index (χ2n) is 7.86. The molecule has 4 amide bonds. The van der Waals surface area contributed by atoms with Crippen molar-refractivity contribution in [1.82, 2.24) is 15.1 Å². The Labute approximate surface area is 196 Å². The van der Waals surface area contributed by atoms with Crippen LogP contribution in [-0.2, 0) is 16.9 Å². The molecular formula is C26H22FN3O4. The fraction of sp³-hybridized carbons (Fsp3) is 0.269. The molecule has 0 spiro atoms. The van der Waals surface area contributed by atoms with E-state index in [0.717, 1.165) is 10.5 Å². The number of hydrogen-bond donors (Lipinski definition) is 1. The summed E-state index contributed by atoms with van der Waals surface area (Å²) in [5, 5.41) is 2.75. The molecule has 4 rings (SSSR count). The summed E-state index contributed by atoms with van der Waals surface area (Å²) >= 11 is 0. The Balaban J connectivity index is 1.65. The topological polar surface area (TPSA) is 79.0 Å². The first-order chi connectivity index (χ1) is 16.4. The van der Waals surface area contributed by atoms with E-state index < -0.39 is 23.3 Å². The van der Waals surface area contributed by atoms with Gasteiger partial charge in [0.1, 0.15) is 18.2 Å². The van der Waals surface area contributed by atoms with Gasteiger partial charge >= 0.3 is 6.03 Å². The van der Waals surface area contributed by atoms with E-state index in [2.05, 4.69) is 29.0 Å². The minimum absolute atomic E-state index is 0.0837. The Morgan fingerprint density at radius 2 is 1.79 bits per heavy atom. The van der Waals surface area contributed by atoms with Gasteiger partial charge in [0.2, 0.25) is 0 Å². The third kappa shape index (κ3) is 4.06. The molecule has 2 heterocycles. The van der Waals surface area contributed by atoms with Crippen molar-refractivity contribution in [3.63, 3.8) is 0 Å². The number of benzene rings is 2. The van der Waals surface area contributed by atoms with Gasteiger partial charge in [-0.25, -0.2) is 9.18 Å². The van der Waals surface area contributed by atoms with E-state index in [4.69, 9.17) is 4.74 Å². The number of halogens is 1. The Hall–Kier alpha value is -4.30. The lowest BCUT2D eigenvalue weighted by atomic mass is 9.89. The molecule has 34 heavy (non-hydrogen) atoms. The normalized spacial score (nSPS) is 18.6. The molecule has 0 aliphatic carbocycles. The van der Waals surface area contributed by atoms with Crippen LogP contribution in [0.1, 0.15) is 35.3 Å². The maximum atomic E-state index is 13.6. The summed E-state index contributed by atoms with van der Waals surface area (Å²) in [6.45, 7) is 3.59. The van der Waals surface area contributed by atoms with Gasteiger partial charge in [-0.2, -0.15) is 0 Å². The molecule has 0 aromatic heterocycles. The van der Waals surface area contributed by atoms with Crippen molar-refractivity contribution < 1.29 is 23.5 Å². The fourth-order valence-corrected chi connectivity index (χ4v) is 4.11. The fourth-order valence-electron chi connectivity index (χ4n) is 4.11. The molecule has 1 fully saturated rings. The number of nitrogens with zero attached hydrogens (tertiary/aromatic N) is 2. The van der Waals surface area contributed by atoms with Crippen molar-refractivity contribution in [3.8, 4) is 29.4 Å². The van der Waals surface area contributed by atoms with Gasteiger partial charge < -0.3 is 15.0 Å². The summed E-state index contributed by atoms with van der Waals surface area (Å²) < 4.78 is 19.2. The molecule has 0 radical (unpaired) electrons. The zero-order chi connectivity index (χ0) is 24.3. The molecule has 1 saturated heterocycles. The number of amides is 4. The predicted octanol–water partition coefficient (Wildman–Crippen LogP) is 2.65. The molecule has 0 saturated carbocycles. The Morgan fingerprint density at radius 1 is 1.06 bits per heavy atom. The number of hydrogen-bond acceptors (Lipinski definition) is 4. The van der Waals surface area contributed by atoms with Gasteiger partial charge in [-0.05, 0) is 55.3 Å². The smallest absolute Gasteiger partial charge is 0.326 e. The van der Waals surface area contributed by atoms with Crippen LogP contribution in [0.15, 0.2) is 42.5 Å². The van der Waals surface area contributed by atoms with Gasteiger partial charge in [0, 0.05) is 12.1 Å². The lowest BCUT2D eigenvalue weighted by Gasteiger charge is -2.31. The van der Waals surface area contributed by atoms with Crippen molar-refractivity contribution >= 4 is 17.8 Å². The van der Waals surface area contributed by atoms with Crippen LogP contribution in [0.5, 0.6) is 5.75 Å². The second-order valence-corrected chi connectivity index (χ2v) is 7.86. The molecule has 2 aliphatic heterocycles. The summed E-state index contributed by atoms with van der Waals surface area (Å²) in [5.41, 5.74) is 0.0546.